The van der Waals surface area contributed by atoms with Gasteiger partial charge in [-0.3, -0.25) is 4.74 Å². The van der Waals surface area contributed by atoms with E-state index in [1.54, 1.807) is 0 Å². The molecule has 0 radical (unpaired) electrons. The summed E-state index contributed by atoms with van der Waals surface area (Å²) in [5.74, 6) is 0. The van der Waals surface area contributed by atoms with Crippen LogP contribution in [-0.2, 0) is 11.2 Å². The van der Waals surface area contributed by atoms with Crippen LogP contribution in [0.2, 0.25) is 0 Å². The molecule has 0 spiro atoms. The lowest BCUT2D eigenvalue weighted by atomic mass is 10.1. The SMILES string of the molecule is FC(F)(F)OCCNCCCc1ccccc1. The first-order valence-electron chi connectivity index (χ1n) is 5.53. The minimum absolute atomic E-state index is 0.217. The van der Waals surface area contributed by atoms with Crippen LogP contribution in [0.1, 0.15) is 12.0 Å². The Morgan fingerprint density at radius 1 is 1.06 bits per heavy atom. The van der Waals surface area contributed by atoms with Crippen LogP contribution in [0.3, 0.4) is 0 Å². The minimum Gasteiger partial charge on any atom is -0.314 e. The first-order valence-corrected chi connectivity index (χ1v) is 5.53. The summed E-state index contributed by atoms with van der Waals surface area (Å²) in [6.07, 6.45) is -2.70. The first kappa shape index (κ1) is 14.0. The monoisotopic (exact) mass is 247 g/mol. The van der Waals surface area contributed by atoms with Gasteiger partial charge in [-0.2, -0.15) is 0 Å². The molecule has 2 nitrogen and oxygen atoms in total. The predicted octanol–water partition coefficient (Wildman–Crippen LogP) is 2.75. The van der Waals surface area contributed by atoms with Crippen LogP contribution in [-0.4, -0.2) is 26.1 Å². The normalized spacial score (nSPS) is 11.7. The molecule has 0 bridgehead atoms. The lowest BCUT2D eigenvalue weighted by molar-refractivity contribution is -0.323. The summed E-state index contributed by atoms with van der Waals surface area (Å²) in [7, 11) is 0. The Balaban J connectivity index is 1.95. The van der Waals surface area contributed by atoms with E-state index in [-0.39, 0.29) is 13.2 Å². The van der Waals surface area contributed by atoms with E-state index in [1.165, 1.54) is 5.56 Å². The standard InChI is InChI=1S/C12H16F3NO/c13-12(14,15)17-10-9-16-8-4-7-11-5-2-1-3-6-11/h1-3,5-6,16H,4,7-10H2. The van der Waals surface area contributed by atoms with Gasteiger partial charge in [0.05, 0.1) is 6.61 Å². The molecule has 0 saturated carbocycles. The number of aryl methyl sites for hydroxylation is 1. The van der Waals surface area contributed by atoms with Crippen LogP contribution < -0.4 is 5.32 Å². The van der Waals surface area contributed by atoms with Crippen molar-refractivity contribution in [1.82, 2.24) is 5.32 Å². The summed E-state index contributed by atoms with van der Waals surface area (Å²) >= 11 is 0. The molecule has 0 aliphatic rings. The number of halogens is 3. The van der Waals surface area contributed by atoms with Gasteiger partial charge in [-0.15, -0.1) is 13.2 Å². The summed E-state index contributed by atoms with van der Waals surface area (Å²) in [6, 6.07) is 9.97. The van der Waals surface area contributed by atoms with Gasteiger partial charge in [0, 0.05) is 6.54 Å². The highest BCUT2D eigenvalue weighted by Gasteiger charge is 2.28. The van der Waals surface area contributed by atoms with Crippen LogP contribution >= 0.6 is 0 Å². The van der Waals surface area contributed by atoms with Crippen molar-refractivity contribution in [2.45, 2.75) is 19.2 Å². The summed E-state index contributed by atoms with van der Waals surface area (Å²) in [4.78, 5) is 0. The van der Waals surface area contributed by atoms with Gasteiger partial charge in [-0.25, -0.2) is 0 Å². The van der Waals surface area contributed by atoms with E-state index in [1.807, 2.05) is 30.3 Å². The fourth-order valence-corrected chi connectivity index (χ4v) is 1.43. The molecule has 1 aromatic carbocycles. The van der Waals surface area contributed by atoms with Crippen LogP contribution in [0.15, 0.2) is 30.3 Å². The number of nitrogens with one attached hydrogen (secondary N) is 1. The highest BCUT2D eigenvalue weighted by atomic mass is 19.4. The van der Waals surface area contributed by atoms with Crippen LogP contribution in [0.4, 0.5) is 13.2 Å². The number of alkyl halides is 3. The molecule has 96 valence electrons. The number of hydrogen-bond acceptors (Lipinski definition) is 2. The van der Waals surface area contributed by atoms with Crippen molar-refractivity contribution in [3.8, 4) is 0 Å². The highest BCUT2D eigenvalue weighted by molar-refractivity contribution is 5.14. The summed E-state index contributed by atoms with van der Waals surface area (Å²) in [5.41, 5.74) is 1.24. The third-order valence-corrected chi connectivity index (χ3v) is 2.21. The molecule has 1 rings (SSSR count). The van der Waals surface area contributed by atoms with Crippen molar-refractivity contribution < 1.29 is 17.9 Å². The van der Waals surface area contributed by atoms with Crippen molar-refractivity contribution >= 4 is 0 Å². The maximum atomic E-state index is 11.6. The second-order valence-electron chi connectivity index (χ2n) is 3.63. The molecule has 0 saturated heterocycles. The molecular weight excluding hydrogens is 231 g/mol. The quantitative estimate of drug-likeness (QED) is 0.748. The average Bonchev–Trinajstić information content (AvgIpc) is 2.28. The van der Waals surface area contributed by atoms with Crippen molar-refractivity contribution in [1.29, 1.82) is 0 Å². The molecule has 17 heavy (non-hydrogen) atoms. The largest absolute Gasteiger partial charge is 0.522 e. The number of hydrogen-bond donors (Lipinski definition) is 1. The average molecular weight is 247 g/mol. The van der Waals surface area contributed by atoms with Gasteiger partial charge in [-0.1, -0.05) is 30.3 Å². The van der Waals surface area contributed by atoms with Gasteiger partial charge < -0.3 is 5.32 Å². The molecule has 0 heterocycles. The van der Waals surface area contributed by atoms with E-state index < -0.39 is 6.36 Å². The van der Waals surface area contributed by atoms with Gasteiger partial charge in [0.25, 0.3) is 0 Å². The third-order valence-electron chi connectivity index (χ3n) is 2.21. The zero-order chi connectivity index (χ0) is 12.6. The van der Waals surface area contributed by atoms with Crippen LogP contribution in [0.25, 0.3) is 0 Å². The Hall–Kier alpha value is -1.07. The Morgan fingerprint density at radius 2 is 1.76 bits per heavy atom. The minimum atomic E-state index is -4.52. The summed E-state index contributed by atoms with van der Waals surface area (Å²) in [5, 5.41) is 2.90. The first-order chi connectivity index (χ1) is 8.08. The molecule has 0 aromatic heterocycles. The maximum Gasteiger partial charge on any atom is 0.522 e. The highest BCUT2D eigenvalue weighted by Crippen LogP contribution is 2.15. The van der Waals surface area contributed by atoms with E-state index in [2.05, 4.69) is 10.1 Å². The van der Waals surface area contributed by atoms with E-state index >= 15 is 0 Å². The number of benzene rings is 1. The van der Waals surface area contributed by atoms with E-state index in [9.17, 15) is 13.2 Å². The van der Waals surface area contributed by atoms with Gasteiger partial charge in [0.2, 0.25) is 0 Å². The summed E-state index contributed by atoms with van der Waals surface area (Å²) in [6.45, 7) is 0.569. The number of rotatable bonds is 7. The summed E-state index contributed by atoms with van der Waals surface area (Å²) < 4.78 is 38.4. The fourth-order valence-electron chi connectivity index (χ4n) is 1.43. The molecule has 0 aliphatic heterocycles. The van der Waals surface area contributed by atoms with E-state index in [0.717, 1.165) is 12.8 Å². The Kier molecular flexibility index (Phi) is 6.00. The zero-order valence-electron chi connectivity index (χ0n) is 9.46. The van der Waals surface area contributed by atoms with Crippen molar-refractivity contribution in [3.05, 3.63) is 35.9 Å². The zero-order valence-corrected chi connectivity index (χ0v) is 9.46. The Labute approximate surface area is 98.8 Å². The van der Waals surface area contributed by atoms with E-state index in [4.69, 9.17) is 0 Å². The Morgan fingerprint density at radius 3 is 2.41 bits per heavy atom. The lowest BCUT2D eigenvalue weighted by Gasteiger charge is -2.08. The molecule has 0 fully saturated rings. The molecule has 0 aliphatic carbocycles. The van der Waals surface area contributed by atoms with Gasteiger partial charge in [-0.05, 0) is 24.9 Å². The number of ether oxygens (including phenoxy) is 1. The molecule has 0 atom stereocenters. The molecule has 0 unspecified atom stereocenters. The smallest absolute Gasteiger partial charge is 0.314 e. The Bertz CT molecular complexity index is 300. The lowest BCUT2D eigenvalue weighted by Crippen LogP contribution is -2.25. The van der Waals surface area contributed by atoms with Crippen LogP contribution in [0.5, 0.6) is 0 Å². The molecule has 5 heteroatoms. The van der Waals surface area contributed by atoms with Crippen molar-refractivity contribution in [3.63, 3.8) is 0 Å². The predicted molar refractivity (Wildman–Crippen MR) is 59.6 cm³/mol. The van der Waals surface area contributed by atoms with Crippen LogP contribution in [0, 0.1) is 0 Å². The molecule has 0 amide bonds. The van der Waals surface area contributed by atoms with Crippen molar-refractivity contribution in [2.24, 2.45) is 0 Å². The molecule has 1 aromatic rings. The maximum absolute atomic E-state index is 11.6. The van der Waals surface area contributed by atoms with Gasteiger partial charge in [0.1, 0.15) is 0 Å². The van der Waals surface area contributed by atoms with Gasteiger partial charge in [0.15, 0.2) is 0 Å². The third kappa shape index (κ3) is 7.76. The van der Waals surface area contributed by atoms with Crippen molar-refractivity contribution in [2.75, 3.05) is 19.7 Å². The second-order valence-corrected chi connectivity index (χ2v) is 3.63. The van der Waals surface area contributed by atoms with Gasteiger partial charge >= 0.3 is 6.36 Å². The van der Waals surface area contributed by atoms with E-state index in [0.29, 0.717) is 6.54 Å². The molecular formula is C12H16F3NO. The fraction of sp³-hybridized carbons (Fsp3) is 0.500. The second kappa shape index (κ2) is 7.29. The topological polar surface area (TPSA) is 21.3 Å². The molecule has 1 N–H and O–H groups in total.